The predicted molar refractivity (Wildman–Crippen MR) is 126 cm³/mol. The highest BCUT2D eigenvalue weighted by Crippen LogP contribution is 2.21. The van der Waals surface area contributed by atoms with E-state index in [1.165, 1.54) is 17.3 Å². The summed E-state index contributed by atoms with van der Waals surface area (Å²) in [4.78, 5) is 28.9. The van der Waals surface area contributed by atoms with E-state index >= 15 is 0 Å². The third-order valence-corrected chi connectivity index (χ3v) is 6.03. The lowest BCUT2D eigenvalue weighted by atomic mass is 10.1. The maximum Gasteiger partial charge on any atom is 0.242 e. The second kappa shape index (κ2) is 12.4. The van der Waals surface area contributed by atoms with Gasteiger partial charge in [0, 0.05) is 18.0 Å². The number of nitrogens with one attached hydrogen (secondary N) is 1. The Kier molecular flexibility index (Phi) is 9.95. The first kappa shape index (κ1) is 24.0. The second-order valence-electron chi connectivity index (χ2n) is 7.68. The quantitative estimate of drug-likeness (QED) is 0.401. The Labute approximate surface area is 185 Å². The summed E-state index contributed by atoms with van der Waals surface area (Å²) < 4.78 is 0. The predicted octanol–water partition coefficient (Wildman–Crippen LogP) is 5.12. The zero-order valence-corrected chi connectivity index (χ0v) is 19.4. The first-order valence-corrected chi connectivity index (χ1v) is 11.7. The molecular formula is C25H34N2O2S. The number of carbonyl (C=O) groups is 2. The molecule has 0 saturated heterocycles. The second-order valence-corrected chi connectivity index (χ2v) is 8.73. The Morgan fingerprint density at radius 3 is 2.40 bits per heavy atom. The fourth-order valence-corrected chi connectivity index (χ4v) is 4.08. The van der Waals surface area contributed by atoms with Crippen LogP contribution in [0.2, 0.25) is 0 Å². The summed E-state index contributed by atoms with van der Waals surface area (Å²) in [5, 5.41) is 3.01. The third kappa shape index (κ3) is 7.52. The summed E-state index contributed by atoms with van der Waals surface area (Å²) in [5.74, 6) is 0.236. The van der Waals surface area contributed by atoms with Crippen LogP contribution < -0.4 is 5.32 Å². The number of nitrogens with zero attached hydrogens (tertiary/aromatic N) is 1. The monoisotopic (exact) mass is 426 g/mol. The fraction of sp³-hybridized carbons (Fsp3) is 0.440. The molecule has 2 aromatic carbocycles. The molecule has 2 rings (SSSR count). The highest BCUT2D eigenvalue weighted by molar-refractivity contribution is 8.00. The minimum Gasteiger partial charge on any atom is -0.354 e. The molecule has 2 amide bonds. The SMILES string of the molecule is CCCCNC(=O)C(CC)N(Cc1cccc(C)c1)C(=O)CSc1ccc(C)cc1. The Morgan fingerprint density at radius 1 is 1.03 bits per heavy atom. The molecule has 2 aromatic rings. The van der Waals surface area contributed by atoms with Crippen LogP contribution in [-0.2, 0) is 16.1 Å². The molecule has 1 N–H and O–H groups in total. The van der Waals surface area contributed by atoms with E-state index in [-0.39, 0.29) is 11.8 Å². The van der Waals surface area contributed by atoms with Crippen molar-refractivity contribution in [1.29, 1.82) is 0 Å². The number of carbonyl (C=O) groups excluding carboxylic acids is 2. The normalized spacial score (nSPS) is 11.7. The molecule has 0 aliphatic carbocycles. The molecule has 0 spiro atoms. The first-order valence-electron chi connectivity index (χ1n) is 10.8. The van der Waals surface area contributed by atoms with Crippen LogP contribution in [0.25, 0.3) is 0 Å². The number of unbranched alkanes of at least 4 members (excludes halogenated alkanes) is 1. The molecule has 0 saturated carbocycles. The van der Waals surface area contributed by atoms with Crippen molar-refractivity contribution >= 4 is 23.6 Å². The van der Waals surface area contributed by atoms with Crippen molar-refractivity contribution in [3.05, 3.63) is 65.2 Å². The maximum atomic E-state index is 13.2. The topological polar surface area (TPSA) is 49.4 Å². The molecule has 0 aromatic heterocycles. The molecule has 0 fully saturated rings. The standard InChI is InChI=1S/C25H34N2O2S/c1-5-7-15-26-25(29)23(6-2)27(17-21-10-8-9-20(4)16-21)24(28)18-30-22-13-11-19(3)12-14-22/h8-14,16,23H,5-7,15,17-18H2,1-4H3,(H,26,29). The minimum atomic E-state index is -0.464. The van der Waals surface area contributed by atoms with Crippen molar-refractivity contribution in [1.82, 2.24) is 10.2 Å². The number of rotatable bonds is 11. The lowest BCUT2D eigenvalue weighted by Crippen LogP contribution is -2.49. The van der Waals surface area contributed by atoms with Gasteiger partial charge < -0.3 is 10.2 Å². The van der Waals surface area contributed by atoms with Crippen molar-refractivity contribution in [2.75, 3.05) is 12.3 Å². The molecule has 0 heterocycles. The van der Waals surface area contributed by atoms with Gasteiger partial charge in [-0.05, 0) is 44.4 Å². The summed E-state index contributed by atoms with van der Waals surface area (Å²) in [7, 11) is 0. The third-order valence-electron chi connectivity index (χ3n) is 5.03. The number of aryl methyl sites for hydroxylation is 2. The lowest BCUT2D eigenvalue weighted by molar-refractivity contribution is -0.139. The Hall–Kier alpha value is -2.27. The molecule has 4 nitrogen and oxygen atoms in total. The van der Waals surface area contributed by atoms with Crippen LogP contribution in [0.4, 0.5) is 0 Å². The smallest absolute Gasteiger partial charge is 0.242 e. The van der Waals surface area contributed by atoms with Crippen LogP contribution in [-0.4, -0.2) is 35.1 Å². The van der Waals surface area contributed by atoms with E-state index in [1.54, 1.807) is 4.90 Å². The van der Waals surface area contributed by atoms with Gasteiger partial charge in [0.2, 0.25) is 11.8 Å². The minimum absolute atomic E-state index is 0.0143. The van der Waals surface area contributed by atoms with E-state index in [2.05, 4.69) is 18.3 Å². The molecule has 1 atom stereocenters. The van der Waals surface area contributed by atoms with Crippen molar-refractivity contribution in [3.8, 4) is 0 Å². The van der Waals surface area contributed by atoms with Gasteiger partial charge in [0.15, 0.2) is 0 Å². The molecule has 0 radical (unpaired) electrons. The van der Waals surface area contributed by atoms with Crippen LogP contribution >= 0.6 is 11.8 Å². The van der Waals surface area contributed by atoms with E-state index in [0.29, 0.717) is 25.3 Å². The largest absolute Gasteiger partial charge is 0.354 e. The van der Waals surface area contributed by atoms with Gasteiger partial charge in [-0.25, -0.2) is 0 Å². The van der Waals surface area contributed by atoms with Gasteiger partial charge in [-0.1, -0.05) is 67.8 Å². The molecule has 1 unspecified atom stereocenters. The number of hydrogen-bond acceptors (Lipinski definition) is 3. The summed E-state index contributed by atoms with van der Waals surface area (Å²) >= 11 is 1.52. The Bertz CT molecular complexity index is 820. The number of hydrogen-bond donors (Lipinski definition) is 1. The van der Waals surface area contributed by atoms with Crippen LogP contribution in [0.1, 0.15) is 49.8 Å². The van der Waals surface area contributed by atoms with Crippen LogP contribution in [0.15, 0.2) is 53.4 Å². The average molecular weight is 427 g/mol. The van der Waals surface area contributed by atoms with Crippen LogP contribution in [0.3, 0.4) is 0 Å². The highest BCUT2D eigenvalue weighted by atomic mass is 32.2. The van der Waals surface area contributed by atoms with Crippen molar-refractivity contribution in [2.45, 2.75) is 64.4 Å². The van der Waals surface area contributed by atoms with Gasteiger partial charge in [0.25, 0.3) is 0 Å². The van der Waals surface area contributed by atoms with Gasteiger partial charge in [-0.3, -0.25) is 9.59 Å². The number of thioether (sulfide) groups is 1. The lowest BCUT2D eigenvalue weighted by Gasteiger charge is -2.30. The Balaban J connectivity index is 2.16. The first-order chi connectivity index (χ1) is 14.4. The molecule has 30 heavy (non-hydrogen) atoms. The van der Waals surface area contributed by atoms with Crippen molar-refractivity contribution < 1.29 is 9.59 Å². The van der Waals surface area contributed by atoms with E-state index in [9.17, 15) is 9.59 Å². The Morgan fingerprint density at radius 2 is 1.77 bits per heavy atom. The van der Waals surface area contributed by atoms with Crippen molar-refractivity contribution in [3.63, 3.8) is 0 Å². The van der Waals surface area contributed by atoms with Gasteiger partial charge in [0.05, 0.1) is 5.75 Å². The van der Waals surface area contributed by atoms with E-state index in [0.717, 1.165) is 28.9 Å². The van der Waals surface area contributed by atoms with Gasteiger partial charge in [0.1, 0.15) is 6.04 Å². The van der Waals surface area contributed by atoms with Crippen molar-refractivity contribution in [2.24, 2.45) is 0 Å². The van der Waals surface area contributed by atoms with Gasteiger partial charge in [-0.15, -0.1) is 11.8 Å². The summed E-state index contributed by atoms with van der Waals surface area (Å²) in [6, 6.07) is 15.8. The molecular weight excluding hydrogens is 392 g/mol. The molecule has 5 heteroatoms. The number of amides is 2. The summed E-state index contributed by atoms with van der Waals surface area (Å²) in [6.07, 6.45) is 2.55. The highest BCUT2D eigenvalue weighted by Gasteiger charge is 2.28. The van der Waals surface area contributed by atoms with Gasteiger partial charge in [-0.2, -0.15) is 0 Å². The summed E-state index contributed by atoms with van der Waals surface area (Å²) in [6.45, 7) is 9.24. The zero-order chi connectivity index (χ0) is 21.9. The van der Waals surface area contributed by atoms with E-state index in [1.807, 2.05) is 63.2 Å². The maximum absolute atomic E-state index is 13.2. The molecule has 0 aliphatic rings. The fourth-order valence-electron chi connectivity index (χ4n) is 3.30. The molecule has 162 valence electrons. The van der Waals surface area contributed by atoms with E-state index in [4.69, 9.17) is 0 Å². The zero-order valence-electron chi connectivity index (χ0n) is 18.6. The van der Waals surface area contributed by atoms with Crippen LogP contribution in [0.5, 0.6) is 0 Å². The number of benzene rings is 2. The van der Waals surface area contributed by atoms with Crippen LogP contribution in [0, 0.1) is 13.8 Å². The molecule has 0 bridgehead atoms. The van der Waals surface area contributed by atoms with Gasteiger partial charge >= 0.3 is 0 Å². The molecule has 0 aliphatic heterocycles. The summed E-state index contributed by atoms with van der Waals surface area (Å²) in [5.41, 5.74) is 3.39. The van der Waals surface area contributed by atoms with E-state index < -0.39 is 6.04 Å². The average Bonchev–Trinajstić information content (AvgIpc) is 2.73.